The van der Waals surface area contributed by atoms with Crippen LogP contribution in [0.4, 0.5) is 5.82 Å². The molecule has 2 rings (SSSR count). The van der Waals surface area contributed by atoms with Crippen LogP contribution in [0, 0.1) is 0 Å². The van der Waals surface area contributed by atoms with Gasteiger partial charge in [0.15, 0.2) is 0 Å². The van der Waals surface area contributed by atoms with Crippen molar-refractivity contribution >= 4 is 23.1 Å². The highest BCUT2D eigenvalue weighted by Gasteiger charge is 2.20. The number of rotatable bonds is 3. The first kappa shape index (κ1) is 14.7. The molecule has 0 spiro atoms. The zero-order valence-electron chi connectivity index (χ0n) is 12.2. The second kappa shape index (κ2) is 5.71. The van der Waals surface area contributed by atoms with Gasteiger partial charge in [0.05, 0.1) is 11.2 Å². The van der Waals surface area contributed by atoms with Gasteiger partial charge in [-0.25, -0.2) is 9.97 Å². The number of nitrogens with zero attached hydrogens (tertiary/aromatic N) is 2. The first-order valence-electron chi connectivity index (χ1n) is 6.63. The minimum Gasteiger partial charge on any atom is -0.306 e. The SMILES string of the molecule is CCc1cccnc1NC(=O)c1cnc(C(C)(C)C)s1. The lowest BCUT2D eigenvalue weighted by Crippen LogP contribution is -2.13. The van der Waals surface area contributed by atoms with E-state index in [0.29, 0.717) is 10.7 Å². The van der Waals surface area contributed by atoms with Gasteiger partial charge in [-0.05, 0) is 18.1 Å². The third-order valence-corrected chi connectivity index (χ3v) is 4.30. The van der Waals surface area contributed by atoms with Gasteiger partial charge >= 0.3 is 0 Å². The van der Waals surface area contributed by atoms with Gasteiger partial charge in [-0.15, -0.1) is 11.3 Å². The summed E-state index contributed by atoms with van der Waals surface area (Å²) in [6.45, 7) is 8.29. The Balaban J connectivity index is 2.18. The van der Waals surface area contributed by atoms with E-state index in [9.17, 15) is 4.79 Å². The van der Waals surface area contributed by atoms with Crippen molar-refractivity contribution < 1.29 is 4.79 Å². The maximum absolute atomic E-state index is 12.2. The average molecular weight is 289 g/mol. The highest BCUT2D eigenvalue weighted by Crippen LogP contribution is 2.27. The van der Waals surface area contributed by atoms with Gasteiger partial charge in [0.25, 0.3) is 5.91 Å². The smallest absolute Gasteiger partial charge is 0.268 e. The molecule has 0 bridgehead atoms. The standard InChI is InChI=1S/C15H19N3OS/c1-5-10-7-6-8-16-12(10)18-13(19)11-9-17-14(20-11)15(2,3)4/h6-9H,5H2,1-4H3,(H,16,18,19). The summed E-state index contributed by atoms with van der Waals surface area (Å²) in [5, 5.41) is 3.82. The van der Waals surface area contributed by atoms with E-state index in [2.05, 4.69) is 36.1 Å². The molecule has 0 aliphatic heterocycles. The van der Waals surface area contributed by atoms with Crippen LogP contribution >= 0.6 is 11.3 Å². The highest BCUT2D eigenvalue weighted by atomic mass is 32.1. The van der Waals surface area contributed by atoms with Gasteiger partial charge in [0.2, 0.25) is 0 Å². The molecule has 1 N–H and O–H groups in total. The fourth-order valence-corrected chi connectivity index (χ4v) is 2.60. The fraction of sp³-hybridized carbons (Fsp3) is 0.400. The number of carbonyl (C=O) groups excluding carboxylic acids is 1. The molecule has 0 aliphatic rings. The number of hydrogen-bond acceptors (Lipinski definition) is 4. The lowest BCUT2D eigenvalue weighted by molar-refractivity contribution is 0.103. The van der Waals surface area contributed by atoms with Crippen molar-refractivity contribution in [2.24, 2.45) is 0 Å². The Hall–Kier alpha value is -1.75. The van der Waals surface area contributed by atoms with Gasteiger partial charge in [-0.2, -0.15) is 0 Å². The second-order valence-electron chi connectivity index (χ2n) is 5.60. The Kier molecular flexibility index (Phi) is 4.18. The third kappa shape index (κ3) is 3.22. The van der Waals surface area contributed by atoms with Crippen molar-refractivity contribution in [2.75, 3.05) is 5.32 Å². The summed E-state index contributed by atoms with van der Waals surface area (Å²) in [4.78, 5) is 21.4. The highest BCUT2D eigenvalue weighted by molar-refractivity contribution is 7.13. The van der Waals surface area contributed by atoms with Crippen molar-refractivity contribution in [3.8, 4) is 0 Å². The van der Waals surface area contributed by atoms with Crippen molar-refractivity contribution in [2.45, 2.75) is 39.5 Å². The third-order valence-electron chi connectivity index (χ3n) is 2.88. The second-order valence-corrected chi connectivity index (χ2v) is 6.63. The Labute approximate surface area is 123 Å². The molecule has 0 aliphatic carbocycles. The number of aryl methyl sites for hydroxylation is 1. The normalized spacial score (nSPS) is 11.4. The van der Waals surface area contributed by atoms with Crippen molar-refractivity contribution in [3.63, 3.8) is 0 Å². The monoisotopic (exact) mass is 289 g/mol. The minimum absolute atomic E-state index is 0.0389. The summed E-state index contributed by atoms with van der Waals surface area (Å²) in [6, 6.07) is 3.84. The molecule has 0 saturated carbocycles. The Morgan fingerprint density at radius 3 is 2.70 bits per heavy atom. The number of nitrogens with one attached hydrogen (secondary N) is 1. The average Bonchev–Trinajstić information content (AvgIpc) is 2.89. The summed E-state index contributed by atoms with van der Waals surface area (Å²) >= 11 is 1.43. The number of amides is 1. The van der Waals surface area contributed by atoms with Crippen molar-refractivity contribution in [1.29, 1.82) is 0 Å². The van der Waals surface area contributed by atoms with E-state index in [1.807, 2.05) is 19.1 Å². The summed E-state index contributed by atoms with van der Waals surface area (Å²) in [5.41, 5.74) is 0.990. The number of pyridine rings is 1. The predicted octanol–water partition coefficient (Wildman–Crippen LogP) is 3.65. The molecule has 5 heteroatoms. The van der Waals surface area contributed by atoms with Crippen molar-refractivity contribution in [3.05, 3.63) is 40.0 Å². The van der Waals surface area contributed by atoms with Gasteiger partial charge in [0, 0.05) is 11.6 Å². The fourth-order valence-electron chi connectivity index (χ4n) is 1.73. The molecule has 0 atom stereocenters. The van der Waals surface area contributed by atoms with Gasteiger partial charge in [0.1, 0.15) is 10.7 Å². The van der Waals surface area contributed by atoms with E-state index in [1.54, 1.807) is 12.4 Å². The van der Waals surface area contributed by atoms with Crippen LogP contribution in [0.3, 0.4) is 0 Å². The summed E-state index contributed by atoms with van der Waals surface area (Å²) in [5.74, 6) is 0.483. The first-order valence-corrected chi connectivity index (χ1v) is 7.45. The number of hydrogen-bond donors (Lipinski definition) is 1. The summed E-state index contributed by atoms with van der Waals surface area (Å²) in [6.07, 6.45) is 4.15. The van der Waals surface area contributed by atoms with Crippen LogP contribution in [0.15, 0.2) is 24.5 Å². The number of thiazole rings is 1. The number of carbonyl (C=O) groups is 1. The molecule has 4 nitrogen and oxygen atoms in total. The van der Waals surface area contributed by atoms with E-state index < -0.39 is 0 Å². The Bertz CT molecular complexity index is 614. The molecular weight excluding hydrogens is 270 g/mol. The molecule has 0 aromatic carbocycles. The van der Waals surface area contributed by atoms with E-state index in [0.717, 1.165) is 17.0 Å². The zero-order valence-corrected chi connectivity index (χ0v) is 13.0. The molecule has 0 radical (unpaired) electrons. The van der Waals surface area contributed by atoms with E-state index in [1.165, 1.54) is 11.3 Å². The van der Waals surface area contributed by atoms with E-state index in [-0.39, 0.29) is 11.3 Å². The molecule has 2 heterocycles. The maximum atomic E-state index is 12.2. The lowest BCUT2D eigenvalue weighted by atomic mass is 9.98. The number of aromatic nitrogens is 2. The van der Waals surface area contributed by atoms with Crippen LogP contribution in [0.25, 0.3) is 0 Å². The van der Waals surface area contributed by atoms with Crippen molar-refractivity contribution in [1.82, 2.24) is 9.97 Å². The van der Waals surface area contributed by atoms with E-state index >= 15 is 0 Å². The van der Waals surface area contributed by atoms with Crippen LogP contribution in [-0.2, 0) is 11.8 Å². The Morgan fingerprint density at radius 2 is 2.10 bits per heavy atom. The molecular formula is C15H19N3OS. The molecule has 1 amide bonds. The molecule has 106 valence electrons. The summed E-state index contributed by atoms with van der Waals surface area (Å²) in [7, 11) is 0. The van der Waals surface area contributed by atoms with Crippen LogP contribution in [-0.4, -0.2) is 15.9 Å². The first-order chi connectivity index (χ1) is 9.41. The van der Waals surface area contributed by atoms with E-state index in [4.69, 9.17) is 0 Å². The molecule has 20 heavy (non-hydrogen) atoms. The van der Waals surface area contributed by atoms with Gasteiger partial charge in [-0.1, -0.05) is 33.8 Å². The minimum atomic E-state index is -0.147. The Morgan fingerprint density at radius 1 is 1.35 bits per heavy atom. The molecule has 0 unspecified atom stereocenters. The quantitative estimate of drug-likeness (QED) is 0.938. The zero-order chi connectivity index (χ0) is 14.8. The lowest BCUT2D eigenvalue weighted by Gasteiger charge is -2.13. The van der Waals surface area contributed by atoms with Crippen LogP contribution < -0.4 is 5.32 Å². The van der Waals surface area contributed by atoms with Gasteiger partial charge in [-0.3, -0.25) is 4.79 Å². The van der Waals surface area contributed by atoms with Crippen LogP contribution in [0.5, 0.6) is 0 Å². The predicted molar refractivity (Wildman–Crippen MR) is 82.4 cm³/mol. The largest absolute Gasteiger partial charge is 0.306 e. The molecule has 2 aromatic rings. The maximum Gasteiger partial charge on any atom is 0.268 e. The van der Waals surface area contributed by atoms with Crippen LogP contribution in [0.1, 0.15) is 47.9 Å². The number of anilines is 1. The molecule has 2 aromatic heterocycles. The molecule has 0 saturated heterocycles. The topological polar surface area (TPSA) is 54.9 Å². The molecule has 0 fully saturated rings. The van der Waals surface area contributed by atoms with Crippen LogP contribution in [0.2, 0.25) is 0 Å². The van der Waals surface area contributed by atoms with Gasteiger partial charge < -0.3 is 5.32 Å². The summed E-state index contributed by atoms with van der Waals surface area (Å²) < 4.78 is 0.